The first-order chi connectivity index (χ1) is 9.11. The Morgan fingerprint density at radius 2 is 2.05 bits per heavy atom. The highest BCUT2D eigenvalue weighted by atomic mass is 16.2. The van der Waals surface area contributed by atoms with Crippen molar-refractivity contribution in [1.82, 2.24) is 15.1 Å². The number of aromatic nitrogens is 2. The first kappa shape index (κ1) is 13.3. The molecule has 2 rings (SSSR count). The largest absolute Gasteiger partial charge is 0.344 e. The van der Waals surface area contributed by atoms with Gasteiger partial charge in [0, 0.05) is 12.2 Å². The van der Waals surface area contributed by atoms with E-state index >= 15 is 0 Å². The Hall–Kier alpha value is -2.10. The van der Waals surface area contributed by atoms with E-state index in [1.807, 2.05) is 61.9 Å². The third-order valence-electron chi connectivity index (χ3n) is 3.16. The van der Waals surface area contributed by atoms with E-state index in [4.69, 9.17) is 0 Å². The maximum absolute atomic E-state index is 12.1. The standard InChI is InChI=1S/C15H19N3O/c1-4-18-11(2)10-14(17-18)15(19)16-12(3)13-8-6-5-7-9-13/h5-10,12H,4H2,1-3H3,(H,16,19). The van der Waals surface area contributed by atoms with E-state index in [2.05, 4.69) is 10.4 Å². The normalized spacial score (nSPS) is 12.2. The minimum atomic E-state index is -0.133. The van der Waals surface area contributed by atoms with Gasteiger partial charge in [-0.15, -0.1) is 0 Å². The molecule has 0 fully saturated rings. The quantitative estimate of drug-likeness (QED) is 0.915. The molecule has 1 atom stereocenters. The summed E-state index contributed by atoms with van der Waals surface area (Å²) in [6.07, 6.45) is 0. The van der Waals surface area contributed by atoms with Crippen molar-refractivity contribution in [2.24, 2.45) is 0 Å². The molecule has 100 valence electrons. The Bertz CT molecular complexity index is 560. The number of aryl methyl sites for hydroxylation is 2. The van der Waals surface area contributed by atoms with Gasteiger partial charge in [0.1, 0.15) is 5.69 Å². The molecule has 0 aliphatic heterocycles. The molecule has 1 aromatic carbocycles. The molecular formula is C15H19N3O. The van der Waals surface area contributed by atoms with Crippen molar-refractivity contribution in [3.05, 3.63) is 53.3 Å². The number of hydrogen-bond donors (Lipinski definition) is 1. The molecule has 1 N–H and O–H groups in total. The van der Waals surface area contributed by atoms with Crippen LogP contribution in [-0.4, -0.2) is 15.7 Å². The molecule has 4 nitrogen and oxygen atoms in total. The lowest BCUT2D eigenvalue weighted by Crippen LogP contribution is -2.27. The van der Waals surface area contributed by atoms with Crippen LogP contribution in [0.3, 0.4) is 0 Å². The van der Waals surface area contributed by atoms with Gasteiger partial charge in [-0.3, -0.25) is 9.48 Å². The Labute approximate surface area is 113 Å². The molecule has 0 aliphatic rings. The van der Waals surface area contributed by atoms with Crippen LogP contribution in [0.5, 0.6) is 0 Å². The van der Waals surface area contributed by atoms with E-state index < -0.39 is 0 Å². The van der Waals surface area contributed by atoms with E-state index in [9.17, 15) is 4.79 Å². The Kier molecular flexibility index (Phi) is 4.00. The van der Waals surface area contributed by atoms with Crippen LogP contribution >= 0.6 is 0 Å². The van der Waals surface area contributed by atoms with E-state index in [0.717, 1.165) is 17.8 Å². The van der Waals surface area contributed by atoms with Gasteiger partial charge < -0.3 is 5.32 Å². The van der Waals surface area contributed by atoms with Crippen LogP contribution in [0, 0.1) is 6.92 Å². The van der Waals surface area contributed by atoms with Crippen molar-refractivity contribution in [1.29, 1.82) is 0 Å². The fraction of sp³-hybridized carbons (Fsp3) is 0.333. The zero-order valence-corrected chi connectivity index (χ0v) is 11.6. The van der Waals surface area contributed by atoms with Crippen molar-refractivity contribution >= 4 is 5.91 Å². The number of carbonyl (C=O) groups excluding carboxylic acids is 1. The second-order valence-corrected chi connectivity index (χ2v) is 4.59. The number of rotatable bonds is 4. The van der Waals surface area contributed by atoms with Crippen LogP contribution in [0.1, 0.15) is 41.6 Å². The summed E-state index contributed by atoms with van der Waals surface area (Å²) < 4.78 is 1.82. The topological polar surface area (TPSA) is 46.9 Å². The van der Waals surface area contributed by atoms with Gasteiger partial charge in [0.05, 0.1) is 6.04 Å². The summed E-state index contributed by atoms with van der Waals surface area (Å²) in [5.41, 5.74) is 2.56. The van der Waals surface area contributed by atoms with Crippen molar-refractivity contribution < 1.29 is 4.79 Å². The van der Waals surface area contributed by atoms with Crippen LogP contribution in [0.4, 0.5) is 0 Å². The average Bonchev–Trinajstić information content (AvgIpc) is 2.81. The fourth-order valence-corrected chi connectivity index (χ4v) is 2.04. The minimum absolute atomic E-state index is 0.0271. The van der Waals surface area contributed by atoms with Gasteiger partial charge in [-0.1, -0.05) is 30.3 Å². The Morgan fingerprint density at radius 1 is 1.37 bits per heavy atom. The molecule has 1 amide bonds. The van der Waals surface area contributed by atoms with E-state index in [-0.39, 0.29) is 11.9 Å². The highest BCUT2D eigenvalue weighted by Crippen LogP contribution is 2.12. The maximum atomic E-state index is 12.1. The fourth-order valence-electron chi connectivity index (χ4n) is 2.04. The van der Waals surface area contributed by atoms with Gasteiger partial charge in [-0.2, -0.15) is 5.10 Å². The van der Waals surface area contributed by atoms with Crippen molar-refractivity contribution in [2.45, 2.75) is 33.4 Å². The SMILES string of the molecule is CCn1nc(C(=O)NC(C)c2ccccc2)cc1C. The van der Waals surface area contributed by atoms with Crippen molar-refractivity contribution in [3.8, 4) is 0 Å². The molecule has 4 heteroatoms. The Morgan fingerprint density at radius 3 is 2.63 bits per heavy atom. The monoisotopic (exact) mass is 257 g/mol. The molecule has 0 bridgehead atoms. The third kappa shape index (κ3) is 3.02. The van der Waals surface area contributed by atoms with Gasteiger partial charge in [0.15, 0.2) is 0 Å². The Balaban J connectivity index is 2.08. The lowest BCUT2D eigenvalue weighted by atomic mass is 10.1. The highest BCUT2D eigenvalue weighted by molar-refractivity contribution is 5.92. The van der Waals surface area contributed by atoms with Crippen molar-refractivity contribution in [2.75, 3.05) is 0 Å². The summed E-state index contributed by atoms with van der Waals surface area (Å²) in [6.45, 7) is 6.70. The summed E-state index contributed by atoms with van der Waals surface area (Å²) in [6, 6.07) is 11.7. The third-order valence-corrected chi connectivity index (χ3v) is 3.16. The van der Waals surface area contributed by atoms with Crippen LogP contribution in [0.2, 0.25) is 0 Å². The first-order valence-electron chi connectivity index (χ1n) is 6.52. The number of hydrogen-bond acceptors (Lipinski definition) is 2. The zero-order valence-electron chi connectivity index (χ0n) is 11.6. The molecule has 1 aromatic heterocycles. The smallest absolute Gasteiger partial charge is 0.272 e. The van der Waals surface area contributed by atoms with E-state index in [1.54, 1.807) is 0 Å². The number of carbonyl (C=O) groups is 1. The van der Waals surface area contributed by atoms with Gasteiger partial charge in [-0.25, -0.2) is 0 Å². The highest BCUT2D eigenvalue weighted by Gasteiger charge is 2.14. The van der Waals surface area contributed by atoms with Crippen LogP contribution in [0.15, 0.2) is 36.4 Å². The van der Waals surface area contributed by atoms with Crippen molar-refractivity contribution in [3.63, 3.8) is 0 Å². The minimum Gasteiger partial charge on any atom is -0.344 e. The molecule has 19 heavy (non-hydrogen) atoms. The molecule has 1 heterocycles. The van der Waals surface area contributed by atoms with Crippen LogP contribution < -0.4 is 5.32 Å². The molecule has 1 unspecified atom stereocenters. The maximum Gasteiger partial charge on any atom is 0.272 e. The zero-order chi connectivity index (χ0) is 13.8. The number of amides is 1. The van der Waals surface area contributed by atoms with Gasteiger partial charge in [0.2, 0.25) is 0 Å². The average molecular weight is 257 g/mol. The van der Waals surface area contributed by atoms with Crippen LogP contribution in [0.25, 0.3) is 0 Å². The second kappa shape index (κ2) is 5.69. The van der Waals surface area contributed by atoms with E-state index in [1.165, 1.54) is 0 Å². The molecular weight excluding hydrogens is 238 g/mol. The summed E-state index contributed by atoms with van der Waals surface area (Å²) in [4.78, 5) is 12.1. The lowest BCUT2D eigenvalue weighted by Gasteiger charge is -2.13. The summed E-state index contributed by atoms with van der Waals surface area (Å²) >= 11 is 0. The molecule has 0 saturated carbocycles. The van der Waals surface area contributed by atoms with Gasteiger partial charge in [-0.05, 0) is 32.4 Å². The van der Waals surface area contributed by atoms with E-state index in [0.29, 0.717) is 5.69 Å². The second-order valence-electron chi connectivity index (χ2n) is 4.59. The molecule has 0 saturated heterocycles. The molecule has 0 aliphatic carbocycles. The molecule has 2 aromatic rings. The number of benzene rings is 1. The lowest BCUT2D eigenvalue weighted by molar-refractivity contribution is 0.0934. The molecule has 0 spiro atoms. The van der Waals surface area contributed by atoms with Gasteiger partial charge >= 0.3 is 0 Å². The predicted octanol–water partition coefficient (Wildman–Crippen LogP) is 2.70. The first-order valence-corrected chi connectivity index (χ1v) is 6.52. The summed E-state index contributed by atoms with van der Waals surface area (Å²) in [5, 5.41) is 7.24. The van der Waals surface area contributed by atoms with Gasteiger partial charge in [0.25, 0.3) is 5.91 Å². The van der Waals surface area contributed by atoms with Crippen LogP contribution in [-0.2, 0) is 6.54 Å². The predicted molar refractivity (Wildman–Crippen MR) is 75.0 cm³/mol. The summed E-state index contributed by atoms with van der Waals surface area (Å²) in [7, 11) is 0. The number of nitrogens with zero attached hydrogens (tertiary/aromatic N) is 2. The molecule has 0 radical (unpaired) electrons. The summed E-state index contributed by atoms with van der Waals surface area (Å²) in [5.74, 6) is -0.133. The number of nitrogens with one attached hydrogen (secondary N) is 1.